The zero-order valence-electron chi connectivity index (χ0n) is 18.7. The lowest BCUT2D eigenvalue weighted by molar-refractivity contribution is -0.120. The smallest absolute Gasteiger partial charge is 0.283 e. The molecule has 8 heteroatoms. The molecule has 3 aromatic carbocycles. The largest absolute Gasteiger partial charge is 0.350 e. The van der Waals surface area contributed by atoms with E-state index in [1.165, 1.54) is 0 Å². The van der Waals surface area contributed by atoms with Crippen LogP contribution in [0.2, 0.25) is 5.02 Å². The molecule has 34 heavy (non-hydrogen) atoms. The monoisotopic (exact) mass is 493 g/mol. The number of hydrogen-bond donors (Lipinski definition) is 2. The third kappa shape index (κ3) is 4.55. The Balaban J connectivity index is 1.48. The van der Waals surface area contributed by atoms with Crippen molar-refractivity contribution in [3.8, 4) is 0 Å². The summed E-state index contributed by atoms with van der Waals surface area (Å²) in [4.78, 5) is 39.2. The first-order valence-electron chi connectivity index (χ1n) is 10.5. The van der Waals surface area contributed by atoms with Crippen molar-refractivity contribution in [2.45, 2.75) is 20.8 Å². The molecule has 1 aliphatic rings. The Morgan fingerprint density at radius 2 is 1.41 bits per heavy atom. The average Bonchev–Trinajstić information content (AvgIpc) is 3.02. The minimum atomic E-state index is -0.640. The van der Waals surface area contributed by atoms with Crippen LogP contribution in [0.4, 0.5) is 17.1 Å². The summed E-state index contributed by atoms with van der Waals surface area (Å²) in [5.41, 5.74) is 4.98. The third-order valence-corrected chi connectivity index (χ3v) is 6.38. The molecule has 0 aromatic heterocycles. The van der Waals surface area contributed by atoms with E-state index in [9.17, 15) is 14.4 Å². The molecule has 0 fully saturated rings. The fourth-order valence-electron chi connectivity index (χ4n) is 3.44. The number of benzene rings is 3. The Hall–Kier alpha value is -3.61. The standard InChI is InChI=1S/C26H21Cl2N3O3/c1-14-4-8-19(12-16(14)3)30-24(32)17-6-9-18(10-7-17)29-23-22(28)25(33)31(26(23)34)20-11-5-15(2)21(27)13-20/h4-13,29H,1-3H3,(H,30,32). The van der Waals surface area contributed by atoms with Gasteiger partial charge in [0, 0.05) is 22.0 Å². The van der Waals surface area contributed by atoms with Crippen molar-refractivity contribution >= 4 is 58.0 Å². The molecule has 0 bridgehead atoms. The molecule has 0 saturated heterocycles. The van der Waals surface area contributed by atoms with Gasteiger partial charge in [-0.25, -0.2) is 4.90 Å². The number of hydrogen-bond acceptors (Lipinski definition) is 4. The molecule has 1 aliphatic heterocycles. The molecular formula is C26H21Cl2N3O3. The van der Waals surface area contributed by atoms with E-state index in [4.69, 9.17) is 23.2 Å². The van der Waals surface area contributed by atoms with Crippen LogP contribution in [0, 0.1) is 20.8 Å². The molecule has 2 N–H and O–H groups in total. The maximum Gasteiger partial charge on any atom is 0.283 e. The summed E-state index contributed by atoms with van der Waals surface area (Å²) in [7, 11) is 0. The number of imide groups is 1. The first kappa shape index (κ1) is 23.5. The topological polar surface area (TPSA) is 78.5 Å². The van der Waals surface area contributed by atoms with Crippen LogP contribution in [-0.4, -0.2) is 17.7 Å². The van der Waals surface area contributed by atoms with E-state index in [1.54, 1.807) is 42.5 Å². The maximum absolute atomic E-state index is 13.0. The Bertz CT molecular complexity index is 1360. The molecule has 1 heterocycles. The quantitative estimate of drug-likeness (QED) is 0.430. The van der Waals surface area contributed by atoms with E-state index in [2.05, 4.69) is 10.6 Å². The van der Waals surface area contributed by atoms with Gasteiger partial charge in [0.2, 0.25) is 0 Å². The van der Waals surface area contributed by atoms with Gasteiger partial charge in [-0.15, -0.1) is 0 Å². The molecule has 0 unspecified atom stereocenters. The highest BCUT2D eigenvalue weighted by Crippen LogP contribution is 2.32. The molecule has 0 radical (unpaired) electrons. The first-order valence-corrected chi connectivity index (χ1v) is 11.2. The van der Waals surface area contributed by atoms with Gasteiger partial charge in [-0.05, 0) is 86.0 Å². The summed E-state index contributed by atoms with van der Waals surface area (Å²) >= 11 is 12.3. The summed E-state index contributed by atoms with van der Waals surface area (Å²) in [6, 6.07) is 17.1. The lowest BCUT2D eigenvalue weighted by atomic mass is 10.1. The Morgan fingerprint density at radius 3 is 2.06 bits per heavy atom. The van der Waals surface area contributed by atoms with Crippen LogP contribution in [0.1, 0.15) is 27.0 Å². The second-order valence-electron chi connectivity index (χ2n) is 8.02. The zero-order valence-corrected chi connectivity index (χ0v) is 20.2. The van der Waals surface area contributed by atoms with E-state index >= 15 is 0 Å². The predicted molar refractivity (Wildman–Crippen MR) is 135 cm³/mol. The van der Waals surface area contributed by atoms with Gasteiger partial charge in [0.05, 0.1) is 5.69 Å². The summed E-state index contributed by atoms with van der Waals surface area (Å²) < 4.78 is 0. The van der Waals surface area contributed by atoms with E-state index in [0.29, 0.717) is 27.6 Å². The van der Waals surface area contributed by atoms with Gasteiger partial charge < -0.3 is 10.6 Å². The van der Waals surface area contributed by atoms with Crippen LogP contribution in [0.5, 0.6) is 0 Å². The number of carbonyl (C=O) groups is 3. The molecule has 0 saturated carbocycles. The highest BCUT2D eigenvalue weighted by atomic mass is 35.5. The molecule has 3 amide bonds. The minimum absolute atomic E-state index is 0.0457. The van der Waals surface area contributed by atoms with Gasteiger partial charge in [0.1, 0.15) is 10.7 Å². The average molecular weight is 494 g/mol. The van der Waals surface area contributed by atoms with Gasteiger partial charge in [0.25, 0.3) is 17.7 Å². The Labute approximate surface area is 207 Å². The van der Waals surface area contributed by atoms with E-state index in [-0.39, 0.29) is 16.6 Å². The lowest BCUT2D eigenvalue weighted by Crippen LogP contribution is -2.32. The van der Waals surface area contributed by atoms with Crippen molar-refractivity contribution in [3.63, 3.8) is 0 Å². The molecule has 0 spiro atoms. The molecule has 4 rings (SSSR count). The van der Waals surface area contributed by atoms with Crippen LogP contribution in [0.3, 0.4) is 0 Å². The number of halogens is 2. The molecule has 0 aliphatic carbocycles. The van der Waals surface area contributed by atoms with Crippen molar-refractivity contribution in [1.29, 1.82) is 0 Å². The summed E-state index contributed by atoms with van der Waals surface area (Å²) in [6.45, 7) is 5.81. The summed E-state index contributed by atoms with van der Waals surface area (Å²) in [5.74, 6) is -1.49. The van der Waals surface area contributed by atoms with Crippen molar-refractivity contribution < 1.29 is 14.4 Å². The summed E-state index contributed by atoms with van der Waals surface area (Å²) in [6.07, 6.45) is 0. The highest BCUT2D eigenvalue weighted by Gasteiger charge is 2.39. The minimum Gasteiger partial charge on any atom is -0.350 e. The van der Waals surface area contributed by atoms with Crippen LogP contribution < -0.4 is 15.5 Å². The van der Waals surface area contributed by atoms with Crippen molar-refractivity contribution in [1.82, 2.24) is 0 Å². The molecule has 3 aromatic rings. The fraction of sp³-hybridized carbons (Fsp3) is 0.115. The van der Waals surface area contributed by atoms with Gasteiger partial charge in [-0.2, -0.15) is 0 Å². The van der Waals surface area contributed by atoms with Crippen molar-refractivity contribution in [2.75, 3.05) is 15.5 Å². The van der Waals surface area contributed by atoms with Crippen molar-refractivity contribution in [3.05, 3.63) is 98.7 Å². The van der Waals surface area contributed by atoms with Gasteiger partial charge >= 0.3 is 0 Å². The SMILES string of the molecule is Cc1ccc(NC(=O)c2ccc(NC3=C(Cl)C(=O)N(c4ccc(C)c(Cl)c4)C3=O)cc2)cc1C. The summed E-state index contributed by atoms with van der Waals surface area (Å²) in [5, 5.41) is 5.97. The normalized spacial score (nSPS) is 13.5. The number of anilines is 3. The van der Waals surface area contributed by atoms with Crippen LogP contribution >= 0.6 is 23.2 Å². The number of rotatable bonds is 5. The molecule has 172 valence electrons. The van der Waals surface area contributed by atoms with E-state index < -0.39 is 11.8 Å². The van der Waals surface area contributed by atoms with E-state index in [1.807, 2.05) is 39.0 Å². The third-order valence-electron chi connectivity index (χ3n) is 5.62. The predicted octanol–water partition coefficient (Wildman–Crippen LogP) is 5.95. The zero-order chi connectivity index (χ0) is 24.6. The van der Waals surface area contributed by atoms with Crippen LogP contribution in [0.25, 0.3) is 0 Å². The lowest BCUT2D eigenvalue weighted by Gasteiger charge is -2.16. The second kappa shape index (κ2) is 9.33. The first-order chi connectivity index (χ1) is 16.2. The number of carbonyl (C=O) groups excluding carboxylic acids is 3. The Kier molecular flexibility index (Phi) is 6.46. The number of aryl methyl sites for hydroxylation is 3. The van der Waals surface area contributed by atoms with Crippen molar-refractivity contribution in [2.24, 2.45) is 0 Å². The van der Waals surface area contributed by atoms with Crippen LogP contribution in [-0.2, 0) is 9.59 Å². The van der Waals surface area contributed by atoms with Gasteiger partial charge in [-0.3, -0.25) is 14.4 Å². The Morgan fingerprint density at radius 1 is 0.765 bits per heavy atom. The molecule has 0 atom stereocenters. The van der Waals surface area contributed by atoms with E-state index in [0.717, 1.165) is 21.6 Å². The maximum atomic E-state index is 13.0. The molecule has 6 nitrogen and oxygen atoms in total. The molecular weight excluding hydrogens is 473 g/mol. The van der Waals surface area contributed by atoms with Gasteiger partial charge in [0.15, 0.2) is 0 Å². The fourth-order valence-corrected chi connectivity index (χ4v) is 3.83. The second-order valence-corrected chi connectivity index (χ2v) is 8.81. The highest BCUT2D eigenvalue weighted by molar-refractivity contribution is 6.53. The number of nitrogens with one attached hydrogen (secondary N) is 2. The van der Waals surface area contributed by atoms with Gasteiger partial charge in [-0.1, -0.05) is 35.3 Å². The number of amides is 3. The number of nitrogens with zero attached hydrogens (tertiary/aromatic N) is 1. The van der Waals surface area contributed by atoms with Crippen LogP contribution in [0.15, 0.2) is 71.4 Å².